The minimum atomic E-state index is -3.34. The van der Waals surface area contributed by atoms with Gasteiger partial charge < -0.3 is 5.73 Å². The average Bonchev–Trinajstić information content (AvgIpc) is 3.13. The van der Waals surface area contributed by atoms with Gasteiger partial charge in [0.25, 0.3) is 0 Å². The summed E-state index contributed by atoms with van der Waals surface area (Å²) < 4.78 is 25.0. The van der Waals surface area contributed by atoms with E-state index in [1.807, 2.05) is 30.3 Å². The summed E-state index contributed by atoms with van der Waals surface area (Å²) in [4.78, 5) is 0.355. The summed E-state index contributed by atoms with van der Waals surface area (Å²) in [7, 11) is -3.34. The number of hydrogen-bond acceptors (Lipinski definition) is 3. The van der Waals surface area contributed by atoms with Gasteiger partial charge in [0.15, 0.2) is 9.84 Å². The van der Waals surface area contributed by atoms with Crippen molar-refractivity contribution in [1.29, 1.82) is 0 Å². The van der Waals surface area contributed by atoms with Crippen molar-refractivity contribution < 1.29 is 8.42 Å². The zero-order valence-corrected chi connectivity index (χ0v) is 11.1. The maximum Gasteiger partial charge on any atom is 0.183 e. The van der Waals surface area contributed by atoms with E-state index < -0.39 is 15.1 Å². The maximum atomic E-state index is 12.5. The van der Waals surface area contributed by atoms with Crippen LogP contribution in [0.15, 0.2) is 65.6 Å². The van der Waals surface area contributed by atoms with Crippen LogP contribution in [0.5, 0.6) is 0 Å². The monoisotopic (exact) mass is 273 g/mol. The van der Waals surface area contributed by atoms with Crippen LogP contribution in [0.4, 0.5) is 0 Å². The molecule has 1 aliphatic rings. The first-order chi connectivity index (χ1) is 9.12. The lowest BCUT2D eigenvalue weighted by Crippen LogP contribution is -2.15. The molecule has 0 bridgehead atoms. The van der Waals surface area contributed by atoms with Crippen LogP contribution in [0.1, 0.15) is 11.5 Å². The van der Waals surface area contributed by atoms with Crippen LogP contribution in [-0.4, -0.2) is 19.7 Å². The van der Waals surface area contributed by atoms with Crippen LogP contribution in [0.3, 0.4) is 0 Å². The Bertz CT molecular complexity index is 668. The van der Waals surface area contributed by atoms with Gasteiger partial charge in [0.05, 0.1) is 10.1 Å². The maximum absolute atomic E-state index is 12.5. The summed E-state index contributed by atoms with van der Waals surface area (Å²) in [5, 5.41) is -0.503. The van der Waals surface area contributed by atoms with Crippen LogP contribution in [-0.2, 0) is 9.84 Å². The van der Waals surface area contributed by atoms with Crippen molar-refractivity contribution in [1.82, 2.24) is 0 Å². The molecule has 0 heterocycles. The Morgan fingerprint density at radius 3 is 1.95 bits per heavy atom. The quantitative estimate of drug-likeness (QED) is 0.930. The Hall–Kier alpha value is -1.65. The highest BCUT2D eigenvalue weighted by Gasteiger charge is 2.56. The molecule has 0 aromatic heterocycles. The standard InChI is InChI=1S/C15H15NO2S/c16-14-13(11-7-3-1-4-8-11)15(14)19(17,18)12-9-5-2-6-10-12/h1-10,13-15H,16H2/t13-,14+,15+/m0/s1. The van der Waals surface area contributed by atoms with Crippen molar-refractivity contribution >= 4 is 9.84 Å². The molecule has 2 aromatic rings. The SMILES string of the molecule is N[C@@H]1[C@H](c2ccccc2)[C@H]1S(=O)(=O)c1ccccc1. The second kappa shape index (κ2) is 4.47. The lowest BCUT2D eigenvalue weighted by atomic mass is 10.1. The van der Waals surface area contributed by atoms with Gasteiger partial charge in [0, 0.05) is 12.0 Å². The Balaban J connectivity index is 1.93. The van der Waals surface area contributed by atoms with E-state index in [2.05, 4.69) is 0 Å². The zero-order chi connectivity index (χ0) is 13.5. The van der Waals surface area contributed by atoms with Crippen molar-refractivity contribution in [2.75, 3.05) is 0 Å². The average molecular weight is 273 g/mol. The zero-order valence-electron chi connectivity index (χ0n) is 10.3. The predicted molar refractivity (Wildman–Crippen MR) is 74.6 cm³/mol. The van der Waals surface area contributed by atoms with Crippen molar-refractivity contribution in [3.8, 4) is 0 Å². The van der Waals surface area contributed by atoms with E-state index in [0.29, 0.717) is 4.90 Å². The van der Waals surface area contributed by atoms with Crippen LogP contribution in [0, 0.1) is 0 Å². The Labute approximate surface area is 113 Å². The fourth-order valence-corrected chi connectivity index (χ4v) is 4.63. The molecule has 1 aliphatic carbocycles. The first-order valence-electron chi connectivity index (χ1n) is 6.22. The summed E-state index contributed by atoms with van der Waals surface area (Å²) >= 11 is 0. The van der Waals surface area contributed by atoms with Gasteiger partial charge in [-0.3, -0.25) is 0 Å². The molecule has 0 amide bonds. The van der Waals surface area contributed by atoms with Crippen molar-refractivity contribution in [2.24, 2.45) is 5.73 Å². The second-order valence-electron chi connectivity index (χ2n) is 4.84. The van der Waals surface area contributed by atoms with Crippen LogP contribution in [0.25, 0.3) is 0 Å². The molecule has 0 unspecified atom stereocenters. The minimum absolute atomic E-state index is 0.0913. The molecule has 98 valence electrons. The van der Waals surface area contributed by atoms with Crippen LogP contribution < -0.4 is 5.73 Å². The molecule has 3 nitrogen and oxygen atoms in total. The Kier molecular flexibility index (Phi) is 2.92. The molecule has 0 saturated heterocycles. The van der Waals surface area contributed by atoms with E-state index in [4.69, 9.17) is 5.73 Å². The number of rotatable bonds is 3. The molecule has 1 fully saturated rings. The van der Waals surface area contributed by atoms with Gasteiger partial charge in [0.1, 0.15) is 0 Å². The van der Waals surface area contributed by atoms with Crippen molar-refractivity contribution in [3.05, 3.63) is 66.2 Å². The number of benzene rings is 2. The van der Waals surface area contributed by atoms with E-state index in [1.54, 1.807) is 30.3 Å². The third-order valence-electron chi connectivity index (χ3n) is 3.62. The molecular weight excluding hydrogens is 258 g/mol. The third kappa shape index (κ3) is 2.07. The number of nitrogens with two attached hydrogens (primary N) is 1. The van der Waals surface area contributed by atoms with Gasteiger partial charge in [-0.1, -0.05) is 48.5 Å². The van der Waals surface area contributed by atoms with E-state index in [9.17, 15) is 8.42 Å². The van der Waals surface area contributed by atoms with Crippen molar-refractivity contribution in [3.63, 3.8) is 0 Å². The molecule has 3 rings (SSSR count). The molecule has 3 atom stereocenters. The van der Waals surface area contributed by atoms with Gasteiger partial charge in [0.2, 0.25) is 0 Å². The molecule has 2 N–H and O–H groups in total. The van der Waals surface area contributed by atoms with Crippen LogP contribution in [0.2, 0.25) is 0 Å². The smallest absolute Gasteiger partial charge is 0.183 e. The summed E-state index contributed by atoms with van der Waals surface area (Å²) in [6.45, 7) is 0. The Morgan fingerprint density at radius 2 is 1.37 bits per heavy atom. The molecule has 0 radical (unpaired) electrons. The molecule has 4 heteroatoms. The fourth-order valence-electron chi connectivity index (χ4n) is 2.56. The number of sulfone groups is 1. The predicted octanol–water partition coefficient (Wildman–Crippen LogP) is 1.95. The molecule has 0 aliphatic heterocycles. The highest BCUT2D eigenvalue weighted by atomic mass is 32.2. The molecule has 19 heavy (non-hydrogen) atoms. The van der Waals surface area contributed by atoms with E-state index >= 15 is 0 Å². The first kappa shape index (κ1) is 12.4. The first-order valence-corrected chi connectivity index (χ1v) is 7.76. The van der Waals surface area contributed by atoms with E-state index in [0.717, 1.165) is 5.56 Å². The highest BCUT2D eigenvalue weighted by Crippen LogP contribution is 2.46. The summed E-state index contributed by atoms with van der Waals surface area (Å²) in [5.41, 5.74) is 6.99. The fraction of sp³-hybridized carbons (Fsp3) is 0.200. The van der Waals surface area contributed by atoms with E-state index in [1.165, 1.54) is 0 Å². The van der Waals surface area contributed by atoms with E-state index in [-0.39, 0.29) is 12.0 Å². The van der Waals surface area contributed by atoms with Gasteiger partial charge in [-0.2, -0.15) is 0 Å². The van der Waals surface area contributed by atoms with Crippen molar-refractivity contribution in [2.45, 2.75) is 22.1 Å². The largest absolute Gasteiger partial charge is 0.326 e. The molecule has 0 spiro atoms. The molecule has 1 saturated carbocycles. The molecule has 2 aromatic carbocycles. The minimum Gasteiger partial charge on any atom is -0.326 e. The summed E-state index contributed by atoms with van der Waals surface area (Å²) in [6.07, 6.45) is 0. The van der Waals surface area contributed by atoms with Gasteiger partial charge in [-0.25, -0.2) is 8.42 Å². The lowest BCUT2D eigenvalue weighted by Gasteiger charge is -2.03. The lowest BCUT2D eigenvalue weighted by molar-refractivity contribution is 0.593. The highest BCUT2D eigenvalue weighted by molar-refractivity contribution is 7.92. The van der Waals surface area contributed by atoms with Gasteiger partial charge >= 0.3 is 0 Å². The topological polar surface area (TPSA) is 60.2 Å². The second-order valence-corrected chi connectivity index (χ2v) is 6.94. The van der Waals surface area contributed by atoms with Crippen LogP contribution >= 0.6 is 0 Å². The summed E-state index contributed by atoms with van der Waals surface area (Å²) in [6, 6.07) is 17.8. The molecular formula is C15H15NO2S. The normalized spacial score (nSPS) is 26.1. The number of hydrogen-bond donors (Lipinski definition) is 1. The van der Waals surface area contributed by atoms with Gasteiger partial charge in [-0.15, -0.1) is 0 Å². The third-order valence-corrected chi connectivity index (χ3v) is 5.87. The Morgan fingerprint density at radius 1 is 0.842 bits per heavy atom. The summed E-state index contributed by atoms with van der Waals surface area (Å²) in [5.74, 6) is -0.0913. The van der Waals surface area contributed by atoms with Gasteiger partial charge in [-0.05, 0) is 17.7 Å².